The van der Waals surface area contributed by atoms with E-state index in [0.717, 1.165) is 0 Å². The second-order valence-electron chi connectivity index (χ2n) is 20.1. The van der Waals surface area contributed by atoms with Crippen LogP contribution in [0.3, 0.4) is 0 Å². The number of aromatic amines is 1. The van der Waals surface area contributed by atoms with Crippen LogP contribution in [0.25, 0.3) is 0 Å². The Labute approximate surface area is 448 Å². The smallest absolute Gasteiger partial charge is 0.326 e. The number of H-pyrrole nitrogens is 1. The summed E-state index contributed by atoms with van der Waals surface area (Å²) >= 11 is 0. The largest absolute Gasteiger partial charge is 0.480 e. The van der Waals surface area contributed by atoms with E-state index >= 15 is 0 Å². The van der Waals surface area contributed by atoms with Gasteiger partial charge in [0, 0.05) is 37.7 Å². The predicted octanol–water partition coefficient (Wildman–Crippen LogP) is -2.79. The first kappa shape index (κ1) is 64.3. The number of primary amides is 1. The number of nitrogens with zero attached hydrogens (tertiary/aromatic N) is 2. The monoisotopic (exact) mass is 1080 g/mol. The summed E-state index contributed by atoms with van der Waals surface area (Å²) < 4.78 is 0. The molecule has 0 spiro atoms. The highest BCUT2D eigenvalue weighted by Crippen LogP contribution is 2.21. The molecule has 1 aromatic heterocycles. The number of nitrogens with two attached hydrogens (primary N) is 4. The van der Waals surface area contributed by atoms with Gasteiger partial charge in [0.1, 0.15) is 48.3 Å². The van der Waals surface area contributed by atoms with Crippen LogP contribution >= 0.6 is 0 Å². The molecule has 1 aliphatic heterocycles. The van der Waals surface area contributed by atoms with E-state index < -0.39 is 126 Å². The van der Waals surface area contributed by atoms with Crippen LogP contribution in [-0.2, 0) is 60.8 Å². The SMILES string of the molecule is CC(C)[C@H](N)C(=O)N[C@@H](Cc1cnc[nH]1)C(=O)N1CCC[C@H]1C(=O)N[C@@H](CCC(N)=O)C(=O)N[C@@H](CCCCN)C(=O)N[C@H](C(=O)N[C@H](C(=O)N[C@@H](CCCCN)C(=O)N[C@@H](Cc1ccccc1)C(=O)O)[C@@H](C)O)C(C)C. The number of amides is 9. The average Bonchev–Trinajstić information content (AvgIpc) is 4.10. The first-order valence-corrected chi connectivity index (χ1v) is 26.3. The molecule has 1 fully saturated rings. The highest BCUT2D eigenvalue weighted by Gasteiger charge is 2.41. The molecule has 0 bridgehead atoms. The molecule has 1 aliphatic rings. The van der Waals surface area contributed by atoms with Gasteiger partial charge in [-0.3, -0.25) is 43.2 Å². The maximum atomic E-state index is 14.2. The molecular weight excluding hydrogens is 1000 g/mol. The number of nitrogens with one attached hydrogen (secondary N) is 8. The molecule has 428 valence electrons. The summed E-state index contributed by atoms with van der Waals surface area (Å²) in [5.41, 5.74) is 24.2. The highest BCUT2D eigenvalue weighted by molar-refractivity contribution is 5.98. The van der Waals surface area contributed by atoms with Crippen LogP contribution < -0.4 is 60.2 Å². The van der Waals surface area contributed by atoms with Crippen LogP contribution in [0.4, 0.5) is 0 Å². The van der Waals surface area contributed by atoms with Gasteiger partial charge in [-0.25, -0.2) is 9.78 Å². The number of hydrogen-bond donors (Lipinski definition) is 14. The number of carbonyl (C=O) groups excluding carboxylic acids is 9. The quantitative estimate of drug-likeness (QED) is 0.0315. The van der Waals surface area contributed by atoms with Gasteiger partial charge >= 0.3 is 5.97 Å². The van der Waals surface area contributed by atoms with Gasteiger partial charge in [0.05, 0.1) is 18.5 Å². The second-order valence-corrected chi connectivity index (χ2v) is 20.1. The van der Waals surface area contributed by atoms with Crippen molar-refractivity contribution >= 4 is 59.1 Å². The lowest BCUT2D eigenvalue weighted by atomic mass is 10.00. The molecular formula is C51H82N14O12. The van der Waals surface area contributed by atoms with Gasteiger partial charge in [0.15, 0.2) is 0 Å². The van der Waals surface area contributed by atoms with Gasteiger partial charge in [-0.2, -0.15) is 0 Å². The maximum absolute atomic E-state index is 14.2. The summed E-state index contributed by atoms with van der Waals surface area (Å²) in [6.45, 7) is 8.55. The number of carbonyl (C=O) groups is 10. The predicted molar refractivity (Wildman–Crippen MR) is 282 cm³/mol. The zero-order valence-corrected chi connectivity index (χ0v) is 44.8. The number of likely N-dealkylation sites (tertiary alicyclic amines) is 1. The van der Waals surface area contributed by atoms with Crippen LogP contribution in [-0.4, -0.2) is 164 Å². The van der Waals surface area contributed by atoms with Crippen molar-refractivity contribution in [3.05, 3.63) is 54.1 Å². The van der Waals surface area contributed by atoms with Crippen molar-refractivity contribution in [2.24, 2.45) is 34.8 Å². The van der Waals surface area contributed by atoms with Crippen molar-refractivity contribution in [3.63, 3.8) is 0 Å². The number of benzene rings is 1. The molecule has 9 amide bonds. The molecule has 26 nitrogen and oxygen atoms in total. The number of aliphatic hydroxyl groups is 1. The zero-order chi connectivity index (χ0) is 57.4. The summed E-state index contributed by atoms with van der Waals surface area (Å²) in [5, 5.41) is 38.8. The van der Waals surface area contributed by atoms with Crippen LogP contribution in [0.2, 0.25) is 0 Å². The standard InChI is InChI=1S/C51H82N14O12/c1-28(2)40(55)47(72)61-36(25-32-26-56-27-57-32)50(75)65-23-13-18-38(65)46(71)59-35(19-20-39(54)67)44(69)58-34(17-10-12-22-53)45(70)63-41(29(3)4)48(73)64-42(30(5)66)49(74)60-33(16-9-11-21-52)43(68)62-37(51(76)77)24-31-14-7-6-8-15-31/h6-8,14-15,26-30,33-38,40-42,66H,9-13,16-25,52-53,55H2,1-5H3,(H2,54,67)(H,56,57)(H,58,69)(H,59,71)(H,60,74)(H,61,72)(H,62,68)(H,63,70)(H,64,73)(H,76,77)/t30-,33+,34+,35+,36+,37+,38+,40+,41+,42+/m1/s1. The van der Waals surface area contributed by atoms with E-state index in [-0.39, 0.29) is 70.5 Å². The molecule has 0 aliphatic carbocycles. The minimum Gasteiger partial charge on any atom is -0.480 e. The van der Waals surface area contributed by atoms with Crippen molar-refractivity contribution in [2.75, 3.05) is 19.6 Å². The highest BCUT2D eigenvalue weighted by atomic mass is 16.4. The van der Waals surface area contributed by atoms with Crippen LogP contribution in [0.1, 0.15) is 110 Å². The van der Waals surface area contributed by atoms with Crippen molar-refractivity contribution in [3.8, 4) is 0 Å². The number of aromatic nitrogens is 2. The summed E-state index contributed by atoms with van der Waals surface area (Å²) in [7, 11) is 0. The molecule has 77 heavy (non-hydrogen) atoms. The average molecular weight is 1080 g/mol. The summed E-state index contributed by atoms with van der Waals surface area (Å²) in [5.74, 6) is -9.42. The topological polar surface area (TPSA) is 431 Å². The Morgan fingerprint density at radius 1 is 0.662 bits per heavy atom. The number of rotatable bonds is 34. The van der Waals surface area contributed by atoms with Crippen molar-refractivity contribution in [2.45, 2.75) is 172 Å². The number of hydrogen-bond acceptors (Lipinski definition) is 15. The fourth-order valence-corrected chi connectivity index (χ4v) is 8.53. The molecule has 1 aromatic carbocycles. The third-order valence-electron chi connectivity index (χ3n) is 13.1. The fourth-order valence-electron chi connectivity index (χ4n) is 8.53. The minimum absolute atomic E-state index is 0.00213. The molecule has 10 atom stereocenters. The van der Waals surface area contributed by atoms with Crippen molar-refractivity contribution < 1.29 is 58.2 Å². The van der Waals surface area contributed by atoms with Gasteiger partial charge in [-0.1, -0.05) is 58.0 Å². The molecule has 0 unspecified atom stereocenters. The Morgan fingerprint density at radius 2 is 1.19 bits per heavy atom. The van der Waals surface area contributed by atoms with Crippen molar-refractivity contribution in [1.29, 1.82) is 0 Å². The molecule has 26 heteroatoms. The minimum atomic E-state index is -1.69. The molecule has 0 radical (unpaired) electrons. The molecule has 3 rings (SSSR count). The van der Waals surface area contributed by atoms with Crippen LogP contribution in [0.5, 0.6) is 0 Å². The molecule has 0 saturated carbocycles. The Balaban J connectivity index is 1.82. The first-order chi connectivity index (χ1) is 36.5. The van der Waals surface area contributed by atoms with E-state index in [9.17, 15) is 58.2 Å². The lowest BCUT2D eigenvalue weighted by Crippen LogP contribution is -2.62. The number of carboxylic acids is 1. The number of imidazole rings is 1. The molecule has 1 saturated heterocycles. The number of carboxylic acid groups (broad SMARTS) is 1. The Hall–Kier alpha value is -7.03. The van der Waals surface area contributed by atoms with Gasteiger partial charge in [0.25, 0.3) is 0 Å². The number of unbranched alkanes of at least 4 members (excludes halogenated alkanes) is 2. The number of aliphatic hydroxyl groups excluding tert-OH is 1. The Kier molecular flexibility index (Phi) is 27.1. The van der Waals surface area contributed by atoms with Crippen molar-refractivity contribution in [1.82, 2.24) is 52.1 Å². The Bertz CT molecular complexity index is 2270. The van der Waals surface area contributed by atoms with Crippen LogP contribution in [0.15, 0.2) is 42.9 Å². The van der Waals surface area contributed by atoms with E-state index in [1.54, 1.807) is 58.0 Å². The van der Waals surface area contributed by atoms with Gasteiger partial charge in [0.2, 0.25) is 53.2 Å². The molecule has 2 aromatic rings. The fraction of sp³-hybridized carbons (Fsp3) is 0.627. The van der Waals surface area contributed by atoms with E-state index in [1.165, 1.54) is 24.3 Å². The van der Waals surface area contributed by atoms with E-state index in [4.69, 9.17) is 22.9 Å². The summed E-state index contributed by atoms with van der Waals surface area (Å²) in [4.78, 5) is 144. The second kappa shape index (κ2) is 32.5. The lowest BCUT2D eigenvalue weighted by Gasteiger charge is -2.31. The third-order valence-corrected chi connectivity index (χ3v) is 13.1. The molecule has 18 N–H and O–H groups in total. The maximum Gasteiger partial charge on any atom is 0.326 e. The first-order valence-electron chi connectivity index (χ1n) is 26.3. The summed E-state index contributed by atoms with van der Waals surface area (Å²) in [6.07, 6.45) is 2.78. The van der Waals surface area contributed by atoms with Gasteiger partial charge in [-0.15, -0.1) is 0 Å². The Morgan fingerprint density at radius 3 is 1.71 bits per heavy atom. The number of aliphatic carboxylic acids is 1. The van der Waals surface area contributed by atoms with E-state index in [2.05, 4.69) is 47.2 Å². The van der Waals surface area contributed by atoms with E-state index in [1.807, 2.05) is 0 Å². The van der Waals surface area contributed by atoms with Gasteiger partial charge in [-0.05, 0) is 95.2 Å². The van der Waals surface area contributed by atoms with Crippen LogP contribution in [0, 0.1) is 11.8 Å². The zero-order valence-electron chi connectivity index (χ0n) is 44.8. The normalized spacial score (nSPS) is 16.8. The van der Waals surface area contributed by atoms with Gasteiger partial charge < -0.3 is 80.2 Å². The lowest BCUT2D eigenvalue weighted by molar-refractivity contribution is -0.142. The van der Waals surface area contributed by atoms with E-state index in [0.29, 0.717) is 43.4 Å². The third kappa shape index (κ3) is 21.1. The summed E-state index contributed by atoms with van der Waals surface area (Å²) in [6, 6.07) is -3.16. The molecule has 2 heterocycles.